The van der Waals surface area contributed by atoms with Gasteiger partial charge < -0.3 is 15.2 Å². The van der Waals surface area contributed by atoms with E-state index in [2.05, 4.69) is 25.1 Å². The molecular weight excluding hydrogens is 432 g/mol. The molecule has 2 aliphatic rings. The van der Waals surface area contributed by atoms with E-state index >= 15 is 0 Å². The molecule has 2 fully saturated rings. The van der Waals surface area contributed by atoms with E-state index in [0.29, 0.717) is 16.6 Å². The number of nitrogens with zero attached hydrogens (tertiary/aromatic N) is 4. The van der Waals surface area contributed by atoms with Gasteiger partial charge in [-0.1, -0.05) is 6.07 Å². The number of rotatable bonds is 5. The summed E-state index contributed by atoms with van der Waals surface area (Å²) < 4.78 is 1.39. The normalized spacial score (nSPS) is 17.1. The fourth-order valence-corrected chi connectivity index (χ4v) is 4.90. The molecule has 0 spiro atoms. The average molecular weight is 463 g/mol. The van der Waals surface area contributed by atoms with Crippen molar-refractivity contribution >= 4 is 22.5 Å². The van der Waals surface area contributed by atoms with Crippen molar-refractivity contribution < 1.29 is 4.79 Å². The first-order valence-corrected chi connectivity index (χ1v) is 11.9. The molecule has 2 aromatic heterocycles. The minimum absolute atomic E-state index is 0.0375. The summed E-state index contributed by atoms with van der Waals surface area (Å²) in [6.07, 6.45) is 2.86. The minimum Gasteiger partial charge on any atom is -0.368 e. The largest absolute Gasteiger partial charge is 0.368 e. The monoisotopic (exact) mass is 462 g/mol. The van der Waals surface area contributed by atoms with E-state index in [4.69, 9.17) is 0 Å². The number of nitrogens with one attached hydrogen (secondary N) is 2. The first-order chi connectivity index (χ1) is 16.4. The molecule has 34 heavy (non-hydrogen) atoms. The molecule has 1 aliphatic carbocycles. The Labute approximate surface area is 197 Å². The molecule has 1 aliphatic heterocycles. The molecule has 1 amide bonds. The molecule has 3 aromatic rings. The van der Waals surface area contributed by atoms with Gasteiger partial charge in [-0.25, -0.2) is 9.78 Å². The first kappa shape index (κ1) is 22.3. The van der Waals surface area contributed by atoms with Gasteiger partial charge in [-0.2, -0.15) is 0 Å². The smallest absolute Gasteiger partial charge is 0.329 e. The number of hydrogen-bond acceptors (Lipinski definition) is 6. The molecule has 0 atom stereocenters. The number of aromatic amines is 1. The fourth-order valence-electron chi connectivity index (χ4n) is 4.90. The Bertz CT molecular complexity index is 1350. The maximum atomic E-state index is 12.9. The molecule has 9 heteroatoms. The van der Waals surface area contributed by atoms with E-state index in [9.17, 15) is 14.4 Å². The number of anilines is 1. The summed E-state index contributed by atoms with van der Waals surface area (Å²) in [4.78, 5) is 49.2. The Morgan fingerprint density at radius 1 is 1.12 bits per heavy atom. The zero-order valence-electron chi connectivity index (χ0n) is 19.6. The van der Waals surface area contributed by atoms with E-state index in [1.165, 1.54) is 4.57 Å². The summed E-state index contributed by atoms with van der Waals surface area (Å²) in [5.41, 5.74) is 3.52. The second-order valence-electron chi connectivity index (χ2n) is 9.21. The molecule has 2 N–H and O–H groups in total. The van der Waals surface area contributed by atoms with Crippen LogP contribution in [0.1, 0.15) is 47.1 Å². The number of carbonyl (C=O) groups is 1. The zero-order chi connectivity index (χ0) is 23.8. The number of fused-ring (bicyclic) bond motifs is 1. The molecule has 0 radical (unpaired) electrons. The lowest BCUT2D eigenvalue weighted by Gasteiger charge is -2.36. The van der Waals surface area contributed by atoms with Crippen LogP contribution in [0, 0.1) is 6.92 Å². The van der Waals surface area contributed by atoms with E-state index < -0.39 is 0 Å². The topological polar surface area (TPSA) is 103 Å². The van der Waals surface area contributed by atoms with Crippen molar-refractivity contribution in [3.8, 4) is 0 Å². The Morgan fingerprint density at radius 2 is 1.88 bits per heavy atom. The predicted octanol–water partition coefficient (Wildman–Crippen LogP) is 1.80. The van der Waals surface area contributed by atoms with Crippen molar-refractivity contribution in [3.63, 3.8) is 0 Å². The van der Waals surface area contributed by atoms with Gasteiger partial charge in [-0.15, -0.1) is 0 Å². The van der Waals surface area contributed by atoms with Crippen molar-refractivity contribution in [1.82, 2.24) is 24.8 Å². The van der Waals surface area contributed by atoms with Crippen LogP contribution in [0.15, 0.2) is 39.9 Å². The van der Waals surface area contributed by atoms with Crippen LogP contribution < -0.4 is 21.5 Å². The van der Waals surface area contributed by atoms with Crippen LogP contribution in [0.25, 0.3) is 10.9 Å². The lowest BCUT2D eigenvalue weighted by atomic mass is 9.93. The van der Waals surface area contributed by atoms with Gasteiger partial charge in [0.05, 0.1) is 22.3 Å². The van der Waals surface area contributed by atoms with Crippen molar-refractivity contribution in [2.24, 2.45) is 0 Å². The molecular formula is C25H30N6O3. The fraction of sp³-hybridized carbons (Fsp3) is 0.440. The van der Waals surface area contributed by atoms with Crippen LogP contribution in [-0.4, -0.2) is 58.6 Å². The SMILES string of the molecule is CNC(=O)c1ccc(N2CCN(Cc3ccc4c(=O)n(C5CCC5)c(=O)[nH]c4c3)CC2)c(C)n1. The summed E-state index contributed by atoms with van der Waals surface area (Å²) in [6.45, 7) is 6.17. The standard InChI is InChI=1S/C25H30N6O3/c1-16-22(9-8-20(27-16)23(32)26-2)30-12-10-29(11-13-30)15-17-6-7-19-21(14-17)28-25(34)31(24(19)33)18-4-3-5-18/h6-9,14,18H,3-5,10-13,15H2,1-2H3,(H,26,32)(H,28,34). The lowest BCUT2D eigenvalue weighted by molar-refractivity contribution is 0.0958. The number of piperazine rings is 1. The average Bonchev–Trinajstić information content (AvgIpc) is 2.80. The van der Waals surface area contributed by atoms with Gasteiger partial charge in [0.2, 0.25) is 0 Å². The van der Waals surface area contributed by atoms with Gasteiger partial charge in [-0.05, 0) is 56.0 Å². The highest BCUT2D eigenvalue weighted by Gasteiger charge is 2.24. The molecule has 0 unspecified atom stereocenters. The van der Waals surface area contributed by atoms with Gasteiger partial charge in [0.25, 0.3) is 11.5 Å². The summed E-state index contributed by atoms with van der Waals surface area (Å²) >= 11 is 0. The van der Waals surface area contributed by atoms with Crippen molar-refractivity contribution in [3.05, 3.63) is 68.1 Å². The number of benzene rings is 1. The number of amides is 1. The third kappa shape index (κ3) is 4.11. The Morgan fingerprint density at radius 3 is 2.53 bits per heavy atom. The second kappa shape index (κ2) is 9.06. The van der Waals surface area contributed by atoms with E-state index in [1.54, 1.807) is 13.1 Å². The third-order valence-corrected chi connectivity index (χ3v) is 7.07. The maximum Gasteiger partial charge on any atom is 0.329 e. The summed E-state index contributed by atoms with van der Waals surface area (Å²) in [6, 6.07) is 9.54. The maximum absolute atomic E-state index is 12.9. The predicted molar refractivity (Wildman–Crippen MR) is 132 cm³/mol. The van der Waals surface area contributed by atoms with E-state index in [-0.39, 0.29) is 23.2 Å². The second-order valence-corrected chi connectivity index (χ2v) is 9.21. The molecule has 9 nitrogen and oxygen atoms in total. The molecule has 1 aromatic carbocycles. The van der Waals surface area contributed by atoms with Crippen LogP contribution >= 0.6 is 0 Å². The van der Waals surface area contributed by atoms with Crippen LogP contribution in [0.5, 0.6) is 0 Å². The molecule has 0 bridgehead atoms. The third-order valence-electron chi connectivity index (χ3n) is 7.07. The van der Waals surface area contributed by atoms with Crippen LogP contribution in [-0.2, 0) is 6.54 Å². The van der Waals surface area contributed by atoms with Crippen molar-refractivity contribution in [2.75, 3.05) is 38.1 Å². The summed E-state index contributed by atoms with van der Waals surface area (Å²) in [5, 5.41) is 3.18. The van der Waals surface area contributed by atoms with Gasteiger partial charge >= 0.3 is 5.69 Å². The van der Waals surface area contributed by atoms with Crippen LogP contribution in [0.4, 0.5) is 5.69 Å². The Kier molecular flexibility index (Phi) is 5.95. The van der Waals surface area contributed by atoms with Gasteiger partial charge in [0.1, 0.15) is 5.69 Å². The number of pyridine rings is 1. The summed E-state index contributed by atoms with van der Waals surface area (Å²) in [5.74, 6) is -0.182. The number of aryl methyl sites for hydroxylation is 1. The number of aromatic nitrogens is 3. The highest BCUT2D eigenvalue weighted by atomic mass is 16.2. The highest BCUT2D eigenvalue weighted by Crippen LogP contribution is 2.29. The number of H-pyrrole nitrogens is 1. The van der Waals surface area contributed by atoms with Gasteiger partial charge in [-0.3, -0.25) is 19.1 Å². The van der Waals surface area contributed by atoms with E-state index in [0.717, 1.165) is 68.9 Å². The first-order valence-electron chi connectivity index (χ1n) is 11.9. The number of hydrogen-bond donors (Lipinski definition) is 2. The van der Waals surface area contributed by atoms with Crippen LogP contribution in [0.3, 0.4) is 0 Å². The molecule has 3 heterocycles. The van der Waals surface area contributed by atoms with E-state index in [1.807, 2.05) is 31.2 Å². The number of carbonyl (C=O) groups excluding carboxylic acids is 1. The van der Waals surface area contributed by atoms with Crippen molar-refractivity contribution in [2.45, 2.75) is 38.8 Å². The van der Waals surface area contributed by atoms with Gasteiger partial charge in [0, 0.05) is 45.8 Å². The highest BCUT2D eigenvalue weighted by molar-refractivity contribution is 5.92. The minimum atomic E-state index is -0.306. The molecule has 1 saturated carbocycles. The lowest BCUT2D eigenvalue weighted by Crippen LogP contribution is -2.46. The van der Waals surface area contributed by atoms with Crippen LogP contribution in [0.2, 0.25) is 0 Å². The summed E-state index contributed by atoms with van der Waals surface area (Å²) in [7, 11) is 1.60. The van der Waals surface area contributed by atoms with Gasteiger partial charge in [0.15, 0.2) is 0 Å². The van der Waals surface area contributed by atoms with Crippen molar-refractivity contribution in [1.29, 1.82) is 0 Å². The Hall–Kier alpha value is -3.46. The molecule has 178 valence electrons. The quantitative estimate of drug-likeness (QED) is 0.599. The Balaban J connectivity index is 1.26. The zero-order valence-corrected chi connectivity index (χ0v) is 19.6. The molecule has 5 rings (SSSR count). The molecule has 1 saturated heterocycles.